The molecule has 4 atom stereocenters. The van der Waals surface area contributed by atoms with Gasteiger partial charge in [-0.15, -0.1) is 0 Å². The molecule has 1 aromatic carbocycles. The molecule has 2 fully saturated rings. The number of hydrogen-bond acceptors (Lipinski definition) is 1. The smallest absolute Gasteiger partial charge is 0.129 e. The van der Waals surface area contributed by atoms with Gasteiger partial charge in [0.15, 0.2) is 0 Å². The average molecular weight is 252 g/mol. The summed E-state index contributed by atoms with van der Waals surface area (Å²) in [5, 5.41) is 10.3. The molecule has 2 bridgehead atoms. The van der Waals surface area contributed by atoms with E-state index in [-0.39, 0.29) is 17.0 Å². The number of halogens is 2. The van der Waals surface area contributed by atoms with Crippen molar-refractivity contribution in [2.24, 2.45) is 17.8 Å². The van der Waals surface area contributed by atoms with Crippen LogP contribution in [0.1, 0.15) is 42.9 Å². The van der Waals surface area contributed by atoms with E-state index < -0.39 is 17.7 Å². The second-order valence-electron chi connectivity index (χ2n) is 5.91. The van der Waals surface area contributed by atoms with Gasteiger partial charge in [-0.25, -0.2) is 8.78 Å². The number of benzene rings is 1. The molecule has 2 saturated carbocycles. The van der Waals surface area contributed by atoms with Crippen molar-refractivity contribution in [1.82, 2.24) is 0 Å². The second kappa shape index (κ2) is 4.30. The van der Waals surface area contributed by atoms with E-state index in [2.05, 4.69) is 0 Å². The number of hydrogen-bond donors (Lipinski definition) is 1. The lowest BCUT2D eigenvalue weighted by atomic mass is 9.82. The summed E-state index contributed by atoms with van der Waals surface area (Å²) in [6, 6.07) is 2.35. The molecule has 3 heteroatoms. The highest BCUT2D eigenvalue weighted by molar-refractivity contribution is 5.27. The van der Waals surface area contributed by atoms with Gasteiger partial charge in [0.25, 0.3) is 0 Å². The maximum Gasteiger partial charge on any atom is 0.129 e. The maximum absolute atomic E-state index is 13.8. The molecule has 0 spiro atoms. The topological polar surface area (TPSA) is 20.2 Å². The molecular formula is C15H18F2O. The van der Waals surface area contributed by atoms with Crippen molar-refractivity contribution in [3.8, 4) is 0 Å². The van der Waals surface area contributed by atoms with Crippen LogP contribution in [0.3, 0.4) is 0 Å². The van der Waals surface area contributed by atoms with Gasteiger partial charge in [-0.2, -0.15) is 0 Å². The van der Waals surface area contributed by atoms with Gasteiger partial charge in [0.2, 0.25) is 0 Å². The predicted octanol–water partition coefficient (Wildman–Crippen LogP) is 3.74. The Hall–Kier alpha value is -0.960. The van der Waals surface area contributed by atoms with Gasteiger partial charge in [-0.05, 0) is 61.6 Å². The first-order valence-electron chi connectivity index (χ1n) is 6.70. The van der Waals surface area contributed by atoms with Crippen molar-refractivity contribution in [1.29, 1.82) is 0 Å². The Bertz CT molecular complexity index is 472. The van der Waals surface area contributed by atoms with E-state index in [0.717, 1.165) is 19.3 Å². The highest BCUT2D eigenvalue weighted by Gasteiger charge is 2.43. The second-order valence-corrected chi connectivity index (χ2v) is 5.91. The SMILES string of the molecule is Cc1cc(F)c(C(O)C2CC3CCC2C3)cc1F. The summed E-state index contributed by atoms with van der Waals surface area (Å²) in [4.78, 5) is 0. The molecule has 2 aliphatic carbocycles. The lowest BCUT2D eigenvalue weighted by molar-refractivity contribution is 0.0711. The fraction of sp³-hybridized carbons (Fsp3) is 0.600. The van der Waals surface area contributed by atoms with Crippen molar-refractivity contribution in [3.05, 3.63) is 34.9 Å². The van der Waals surface area contributed by atoms with Gasteiger partial charge in [-0.1, -0.05) is 6.42 Å². The number of fused-ring (bicyclic) bond motifs is 2. The number of aliphatic hydroxyl groups excluding tert-OH is 1. The molecule has 1 aromatic rings. The van der Waals surface area contributed by atoms with E-state index in [1.807, 2.05) is 0 Å². The summed E-state index contributed by atoms with van der Waals surface area (Å²) < 4.78 is 27.4. The summed E-state index contributed by atoms with van der Waals surface area (Å²) in [6.45, 7) is 1.53. The molecule has 0 heterocycles. The zero-order valence-electron chi connectivity index (χ0n) is 10.5. The molecule has 0 radical (unpaired) electrons. The van der Waals surface area contributed by atoms with Crippen LogP contribution >= 0.6 is 0 Å². The van der Waals surface area contributed by atoms with E-state index in [1.165, 1.54) is 25.5 Å². The summed E-state index contributed by atoms with van der Waals surface area (Å²) in [5.74, 6) is 0.375. The molecular weight excluding hydrogens is 234 g/mol. The quantitative estimate of drug-likeness (QED) is 0.850. The fourth-order valence-electron chi connectivity index (χ4n) is 3.80. The van der Waals surface area contributed by atoms with Gasteiger partial charge in [0.1, 0.15) is 11.6 Å². The van der Waals surface area contributed by atoms with Crippen LogP contribution in [0.25, 0.3) is 0 Å². The summed E-state index contributed by atoms with van der Waals surface area (Å²) in [6.07, 6.45) is 3.62. The predicted molar refractivity (Wildman–Crippen MR) is 65.0 cm³/mol. The van der Waals surface area contributed by atoms with Crippen LogP contribution in [-0.4, -0.2) is 5.11 Å². The van der Waals surface area contributed by atoms with Crippen LogP contribution in [0.4, 0.5) is 8.78 Å². The van der Waals surface area contributed by atoms with E-state index in [4.69, 9.17) is 0 Å². The van der Waals surface area contributed by atoms with Crippen molar-refractivity contribution in [2.75, 3.05) is 0 Å². The Morgan fingerprint density at radius 1 is 1.17 bits per heavy atom. The van der Waals surface area contributed by atoms with Crippen LogP contribution in [0.2, 0.25) is 0 Å². The first-order valence-corrected chi connectivity index (χ1v) is 6.70. The van der Waals surface area contributed by atoms with Gasteiger partial charge in [-0.3, -0.25) is 0 Å². The Morgan fingerprint density at radius 3 is 2.56 bits per heavy atom. The summed E-state index contributed by atoms with van der Waals surface area (Å²) >= 11 is 0. The van der Waals surface area contributed by atoms with Crippen LogP contribution in [0.5, 0.6) is 0 Å². The zero-order valence-corrected chi connectivity index (χ0v) is 10.5. The van der Waals surface area contributed by atoms with E-state index in [0.29, 0.717) is 11.8 Å². The molecule has 3 rings (SSSR count). The fourth-order valence-corrected chi connectivity index (χ4v) is 3.80. The summed E-state index contributed by atoms with van der Waals surface area (Å²) in [5.41, 5.74) is 0.423. The van der Waals surface area contributed by atoms with Crippen LogP contribution < -0.4 is 0 Å². The zero-order chi connectivity index (χ0) is 12.9. The van der Waals surface area contributed by atoms with E-state index >= 15 is 0 Å². The van der Waals surface area contributed by atoms with Gasteiger partial charge in [0, 0.05) is 5.56 Å². The third kappa shape index (κ3) is 1.85. The molecule has 2 aliphatic rings. The minimum Gasteiger partial charge on any atom is -0.388 e. The minimum atomic E-state index is -0.851. The van der Waals surface area contributed by atoms with Gasteiger partial charge >= 0.3 is 0 Å². The molecule has 1 nitrogen and oxygen atoms in total. The lowest BCUT2D eigenvalue weighted by Gasteiger charge is -2.27. The van der Waals surface area contributed by atoms with Crippen molar-refractivity contribution >= 4 is 0 Å². The van der Waals surface area contributed by atoms with Crippen LogP contribution in [0, 0.1) is 36.3 Å². The highest BCUT2D eigenvalue weighted by Crippen LogP contribution is 2.52. The summed E-state index contributed by atoms with van der Waals surface area (Å²) in [7, 11) is 0. The first-order chi connectivity index (χ1) is 8.56. The molecule has 0 saturated heterocycles. The van der Waals surface area contributed by atoms with Gasteiger partial charge in [0.05, 0.1) is 6.10 Å². The van der Waals surface area contributed by atoms with Gasteiger partial charge < -0.3 is 5.11 Å². The number of aliphatic hydroxyl groups is 1. The molecule has 0 aromatic heterocycles. The lowest BCUT2D eigenvalue weighted by Crippen LogP contribution is -2.20. The Kier molecular flexibility index (Phi) is 2.89. The largest absolute Gasteiger partial charge is 0.388 e. The maximum atomic E-state index is 13.8. The Balaban J connectivity index is 1.88. The number of rotatable bonds is 2. The first kappa shape index (κ1) is 12.1. The average Bonchev–Trinajstić information content (AvgIpc) is 2.95. The van der Waals surface area contributed by atoms with Crippen molar-refractivity contribution in [3.63, 3.8) is 0 Å². The third-order valence-electron chi connectivity index (χ3n) is 4.79. The molecule has 1 N–H and O–H groups in total. The number of aryl methyl sites for hydroxylation is 1. The van der Waals surface area contributed by atoms with Crippen LogP contribution in [-0.2, 0) is 0 Å². The molecule has 0 aliphatic heterocycles. The van der Waals surface area contributed by atoms with Crippen LogP contribution in [0.15, 0.2) is 12.1 Å². The van der Waals surface area contributed by atoms with E-state index in [1.54, 1.807) is 0 Å². The Labute approximate surface area is 106 Å². The highest BCUT2D eigenvalue weighted by atomic mass is 19.1. The molecule has 4 unspecified atom stereocenters. The molecule has 0 amide bonds. The van der Waals surface area contributed by atoms with E-state index in [9.17, 15) is 13.9 Å². The Morgan fingerprint density at radius 2 is 1.94 bits per heavy atom. The normalized spacial score (nSPS) is 31.9. The monoisotopic (exact) mass is 252 g/mol. The minimum absolute atomic E-state index is 0.111. The van der Waals surface area contributed by atoms with Crippen molar-refractivity contribution in [2.45, 2.75) is 38.7 Å². The third-order valence-corrected chi connectivity index (χ3v) is 4.79. The standard InChI is InChI=1S/C15H18F2O/c1-8-4-14(17)12(7-13(8)16)15(18)11-6-9-2-3-10(11)5-9/h4,7,9-11,15,18H,2-3,5-6H2,1H3. The van der Waals surface area contributed by atoms with Crippen molar-refractivity contribution < 1.29 is 13.9 Å². The molecule has 18 heavy (non-hydrogen) atoms. The molecule has 98 valence electrons.